The van der Waals surface area contributed by atoms with Gasteiger partial charge in [-0.15, -0.1) is 0 Å². The predicted molar refractivity (Wildman–Crippen MR) is 331 cm³/mol. The molecule has 6 N–H and O–H groups in total. The van der Waals surface area contributed by atoms with Crippen molar-refractivity contribution in [3.05, 3.63) is 11.6 Å². The van der Waals surface area contributed by atoms with Crippen LogP contribution in [0.15, 0.2) is 11.6 Å². The van der Waals surface area contributed by atoms with Crippen LogP contribution in [-0.2, 0) is 52.0 Å². The fourth-order valence-electron chi connectivity index (χ4n) is 10.1. The first-order valence-electron chi connectivity index (χ1n) is 33.7. The quantitative estimate of drug-likeness (QED) is 0.00827. The van der Waals surface area contributed by atoms with Gasteiger partial charge < -0.3 is 48.8 Å². The van der Waals surface area contributed by atoms with Crippen LogP contribution in [0.3, 0.4) is 0 Å². The maximum Gasteiger partial charge on any atom is 0.469 e. The second-order valence-electron chi connectivity index (χ2n) is 23.4. The zero-order valence-electron chi connectivity index (χ0n) is 53.2. The summed E-state index contributed by atoms with van der Waals surface area (Å²) in [7, 11) is -5.05. The van der Waals surface area contributed by atoms with Crippen molar-refractivity contribution in [3.8, 4) is 0 Å². The number of rotatable bonds is 62. The number of phosphoric acid groups is 1. The van der Waals surface area contributed by atoms with Crippen LogP contribution >= 0.6 is 7.82 Å². The van der Waals surface area contributed by atoms with Gasteiger partial charge in [0.2, 0.25) is 11.8 Å². The molecule has 0 spiro atoms. The number of carbonyl (C=O) groups is 4. The fraction of sp³-hybridized carbons (Fsp3) is 0.908. The van der Waals surface area contributed by atoms with E-state index in [4.69, 9.17) is 28.2 Å². The molecule has 1 amide bonds. The number of hydrogen-bond acceptors (Lipinski definition) is 14. The molecule has 0 bridgehead atoms. The predicted octanol–water partition coefficient (Wildman–Crippen LogP) is 17.0. The highest BCUT2D eigenvalue weighted by Gasteiger charge is 2.30. The number of carbonyl (C=O) groups excluding carboxylic acids is 4. The molecule has 0 aromatic rings. The molecule has 490 valence electrons. The van der Waals surface area contributed by atoms with Crippen LogP contribution in [-0.4, -0.2) is 99.4 Å². The molecule has 0 aromatic carbocycles. The summed E-state index contributed by atoms with van der Waals surface area (Å²) in [6.07, 6.45) is 39.7. The molecule has 0 saturated heterocycles. The van der Waals surface area contributed by atoms with E-state index in [1.54, 1.807) is 0 Å². The zero-order chi connectivity index (χ0) is 61.4. The number of ether oxygens (including phenoxy) is 5. The molecule has 0 rings (SSSR count). The third-order valence-electron chi connectivity index (χ3n) is 15.3. The molecule has 0 aliphatic rings. The number of hydrogen-bond donors (Lipinski definition) is 6. The fourth-order valence-corrected chi connectivity index (χ4v) is 10.7. The first-order valence-corrected chi connectivity index (χ1v) is 35.2. The number of aliphatic hydroxyl groups excluding tert-OH is 3. The number of unbranched alkanes of at least 4 members (excludes halogenated alkanes) is 36. The molecule has 18 heteroatoms. The van der Waals surface area contributed by atoms with Gasteiger partial charge in [-0.25, -0.2) is 4.57 Å². The number of nitrogens with one attached hydrogen (secondary N) is 1. The van der Waals surface area contributed by atoms with Crippen molar-refractivity contribution in [1.29, 1.82) is 0 Å². The summed E-state index contributed by atoms with van der Waals surface area (Å²) in [5.74, 6) is -4.07. The molecule has 17 nitrogen and oxygen atoms in total. The van der Waals surface area contributed by atoms with Crippen LogP contribution in [0.2, 0.25) is 0 Å². The third-order valence-corrected chi connectivity index (χ3v) is 15.9. The van der Waals surface area contributed by atoms with Crippen LogP contribution in [0.1, 0.15) is 330 Å². The summed E-state index contributed by atoms with van der Waals surface area (Å²) in [6, 6.07) is 0. The molecule has 1 unspecified atom stereocenters. The van der Waals surface area contributed by atoms with E-state index in [1.807, 2.05) is 0 Å². The molecule has 5 atom stereocenters. The molecular weight excluding hydrogens is 1080 g/mol. The van der Waals surface area contributed by atoms with Crippen molar-refractivity contribution in [2.45, 2.75) is 361 Å². The lowest BCUT2D eigenvalue weighted by atomic mass is 10.0. The van der Waals surface area contributed by atoms with E-state index in [9.17, 15) is 48.8 Å². The molecule has 83 heavy (non-hydrogen) atoms. The van der Waals surface area contributed by atoms with Crippen molar-refractivity contribution >= 4 is 31.6 Å². The van der Waals surface area contributed by atoms with Crippen LogP contribution in [0.5, 0.6) is 0 Å². The minimum Gasteiger partial charge on any atom is -0.505 e. The summed E-state index contributed by atoms with van der Waals surface area (Å²) in [4.78, 5) is 71.9. The third kappa shape index (κ3) is 53.2. The molecular formula is C65H124NO16P. The summed E-state index contributed by atoms with van der Waals surface area (Å²) in [5, 5.41) is 34.2. The number of phosphoric ester groups is 1. The minimum absolute atomic E-state index is 0.235. The molecule has 0 radical (unpaired) electrons. The Morgan fingerprint density at radius 1 is 0.470 bits per heavy atom. The summed E-state index contributed by atoms with van der Waals surface area (Å²) in [6.45, 7) is 7.75. The van der Waals surface area contributed by atoms with Crippen molar-refractivity contribution < 1.29 is 77.1 Å². The van der Waals surface area contributed by atoms with Gasteiger partial charge in [-0.2, -0.15) is 0 Å². The lowest BCUT2D eigenvalue weighted by Gasteiger charge is -2.27. The standard InChI is InChI=1S/C65H124NO16P/c1-6-10-14-18-22-26-28-32-36-40-44-48-61(70)79-56(46-42-38-34-30-24-20-16-12-8-3)50-60(69)66-65(73)58(68)53-78-64(81-59(52-67)55(5)82-83(74,75)76)54-77-63(72)51-57(47-43-39-35-31-25-21-17-13-9-4)80-62(71)49-45-41-37-33-29-27-23-19-15-11-7-2/h55-57,59,64,67-68,73H,6-54H2,1-5H3,(H,66,69)(H2,74,75,76)/b65-58-/t55-,56+,57+,59?,64+/m0/s1. The first kappa shape index (κ1) is 80.2. The number of amides is 1. The van der Waals surface area contributed by atoms with Gasteiger partial charge in [-0.3, -0.25) is 29.0 Å². The molecule has 0 heterocycles. The summed E-state index contributed by atoms with van der Waals surface area (Å²) < 4.78 is 45.1. The van der Waals surface area contributed by atoms with E-state index >= 15 is 0 Å². The van der Waals surface area contributed by atoms with Gasteiger partial charge in [0, 0.05) is 12.8 Å². The van der Waals surface area contributed by atoms with Crippen LogP contribution in [0.4, 0.5) is 0 Å². The Hall–Kier alpha value is -2.79. The van der Waals surface area contributed by atoms with Crippen LogP contribution in [0, 0.1) is 0 Å². The van der Waals surface area contributed by atoms with E-state index in [-0.39, 0.29) is 37.6 Å². The van der Waals surface area contributed by atoms with E-state index in [1.165, 1.54) is 155 Å². The normalized spacial score (nSPS) is 13.9. The van der Waals surface area contributed by atoms with Gasteiger partial charge in [-0.1, -0.05) is 259 Å². The van der Waals surface area contributed by atoms with Crippen molar-refractivity contribution in [3.63, 3.8) is 0 Å². The Kier molecular flexibility index (Phi) is 55.1. The van der Waals surface area contributed by atoms with Crippen LogP contribution in [0.25, 0.3) is 0 Å². The van der Waals surface area contributed by atoms with Crippen LogP contribution < -0.4 is 5.32 Å². The van der Waals surface area contributed by atoms with Gasteiger partial charge in [0.25, 0.3) is 0 Å². The lowest BCUT2D eigenvalue weighted by molar-refractivity contribution is -0.216. The zero-order valence-corrected chi connectivity index (χ0v) is 54.1. The maximum absolute atomic E-state index is 13.5. The number of esters is 3. The Morgan fingerprint density at radius 3 is 1.16 bits per heavy atom. The summed E-state index contributed by atoms with van der Waals surface area (Å²) in [5.41, 5.74) is 0. The van der Waals surface area contributed by atoms with Gasteiger partial charge in [0.05, 0.1) is 25.6 Å². The van der Waals surface area contributed by atoms with E-state index in [0.717, 1.165) is 96.3 Å². The van der Waals surface area contributed by atoms with E-state index < -0.39 is 81.9 Å². The average molecular weight is 1210 g/mol. The topological polar surface area (TPSA) is 254 Å². The SMILES string of the molecule is CCCCCCCCCCCCCC(=O)O[C@H](CCCCCCCCCCC)CC(=O)N/C(O)=C(/O)CO[C@@H](COC(=O)C[C@@H](CCCCCCCCCCC)OC(=O)CCCCCCCCCCCCC)OC(CO)[C@H](C)OP(=O)(O)O. The second-order valence-corrected chi connectivity index (χ2v) is 24.6. The maximum atomic E-state index is 13.5. The van der Waals surface area contributed by atoms with Crippen molar-refractivity contribution in [2.24, 2.45) is 0 Å². The Bertz CT molecular complexity index is 1630. The van der Waals surface area contributed by atoms with E-state index in [0.29, 0.717) is 25.7 Å². The molecule has 0 fully saturated rings. The highest BCUT2D eigenvalue weighted by atomic mass is 31.2. The molecule has 0 saturated carbocycles. The molecule has 0 aromatic heterocycles. The van der Waals surface area contributed by atoms with Crippen molar-refractivity contribution in [2.75, 3.05) is 19.8 Å². The smallest absolute Gasteiger partial charge is 0.469 e. The van der Waals surface area contributed by atoms with Gasteiger partial charge in [0.1, 0.15) is 31.5 Å². The monoisotopic (exact) mass is 1210 g/mol. The average Bonchev–Trinajstić information content (AvgIpc) is 3.46. The molecule has 0 aliphatic carbocycles. The first-order chi connectivity index (χ1) is 40.1. The number of aliphatic hydroxyl groups is 3. The Balaban J connectivity index is 5.85. The van der Waals surface area contributed by atoms with Crippen molar-refractivity contribution in [1.82, 2.24) is 5.32 Å². The summed E-state index contributed by atoms with van der Waals surface area (Å²) >= 11 is 0. The highest BCUT2D eigenvalue weighted by Crippen LogP contribution is 2.38. The van der Waals surface area contributed by atoms with Gasteiger partial charge in [-0.05, 0) is 45.4 Å². The van der Waals surface area contributed by atoms with E-state index in [2.05, 4.69) is 33.0 Å². The Labute approximate surface area is 504 Å². The second kappa shape index (κ2) is 57.0. The Morgan fingerprint density at radius 2 is 0.807 bits per heavy atom. The lowest BCUT2D eigenvalue weighted by Crippen LogP contribution is -2.39. The highest BCUT2D eigenvalue weighted by molar-refractivity contribution is 7.46. The van der Waals surface area contributed by atoms with Gasteiger partial charge in [0.15, 0.2) is 12.0 Å². The molecule has 0 aliphatic heterocycles. The largest absolute Gasteiger partial charge is 0.505 e. The van der Waals surface area contributed by atoms with Gasteiger partial charge >= 0.3 is 25.7 Å². The minimum atomic E-state index is -5.05.